The molecule has 2 aromatic rings. The molecule has 0 aromatic heterocycles. The summed E-state index contributed by atoms with van der Waals surface area (Å²) in [5, 5.41) is 3.08. The van der Waals surface area contributed by atoms with E-state index in [0.29, 0.717) is 5.56 Å². The molecule has 0 fully saturated rings. The zero-order valence-electron chi connectivity index (χ0n) is 13.5. The van der Waals surface area contributed by atoms with E-state index < -0.39 is 28.3 Å². The van der Waals surface area contributed by atoms with Gasteiger partial charge in [-0.3, -0.25) is 4.79 Å². The van der Waals surface area contributed by atoms with Gasteiger partial charge in [-0.25, -0.2) is 12.8 Å². The number of amides is 1. The first kappa shape index (κ1) is 20.9. The molecule has 0 saturated carbocycles. The molecule has 10 heteroatoms. The van der Waals surface area contributed by atoms with Gasteiger partial charge in [0.25, 0.3) is 0 Å². The summed E-state index contributed by atoms with van der Waals surface area (Å²) in [5.74, 6) is -1.05. The van der Waals surface area contributed by atoms with E-state index >= 15 is 0 Å². The summed E-state index contributed by atoms with van der Waals surface area (Å²) >= 11 is 17.7. The van der Waals surface area contributed by atoms with Crippen molar-refractivity contribution in [1.29, 1.82) is 0 Å². The third-order valence-corrected chi connectivity index (χ3v) is 5.58. The Morgan fingerprint density at radius 2 is 1.65 bits per heavy atom. The maximum Gasteiger partial charge on any atom is 0.239 e. The zero-order chi connectivity index (χ0) is 19.5. The van der Waals surface area contributed by atoms with Crippen LogP contribution >= 0.6 is 34.8 Å². The molecule has 1 amide bonds. The first-order chi connectivity index (χ1) is 12.1. The van der Waals surface area contributed by atoms with Crippen molar-refractivity contribution in [3.05, 3.63) is 62.8 Å². The standard InChI is InChI=1S/C16H14Cl3FN2O3S/c1-26(24,25)22(8-10-2-4-11(20)5-3-10)9-16(23)21-15-7-13(18)12(17)6-14(15)19/h2-7H,8-9H2,1H3,(H,21,23). The molecule has 0 atom stereocenters. The average Bonchev–Trinajstić information content (AvgIpc) is 2.53. The summed E-state index contributed by atoms with van der Waals surface area (Å²) in [6.07, 6.45) is 0.982. The highest BCUT2D eigenvalue weighted by atomic mass is 35.5. The molecule has 0 aliphatic heterocycles. The molecule has 0 bridgehead atoms. The molecular weight excluding hydrogens is 426 g/mol. The highest BCUT2D eigenvalue weighted by Crippen LogP contribution is 2.32. The van der Waals surface area contributed by atoms with E-state index in [1.54, 1.807) is 0 Å². The van der Waals surface area contributed by atoms with Crippen LogP contribution in [0.5, 0.6) is 0 Å². The number of hydrogen-bond acceptors (Lipinski definition) is 3. The van der Waals surface area contributed by atoms with Crippen LogP contribution in [-0.2, 0) is 21.4 Å². The Kier molecular flexibility index (Phi) is 6.87. The Balaban J connectivity index is 2.14. The van der Waals surface area contributed by atoms with Crippen LogP contribution in [-0.4, -0.2) is 31.4 Å². The van der Waals surface area contributed by atoms with Gasteiger partial charge in [-0.15, -0.1) is 0 Å². The minimum absolute atomic E-state index is 0.0817. The highest BCUT2D eigenvalue weighted by Gasteiger charge is 2.21. The molecule has 5 nitrogen and oxygen atoms in total. The number of nitrogens with zero attached hydrogens (tertiary/aromatic N) is 1. The molecule has 26 heavy (non-hydrogen) atoms. The lowest BCUT2D eigenvalue weighted by molar-refractivity contribution is -0.116. The largest absolute Gasteiger partial charge is 0.324 e. The molecule has 0 spiro atoms. The Labute approximate surface area is 165 Å². The van der Waals surface area contributed by atoms with E-state index in [2.05, 4.69) is 5.32 Å². The lowest BCUT2D eigenvalue weighted by atomic mass is 10.2. The molecule has 0 saturated heterocycles. The van der Waals surface area contributed by atoms with Crippen LogP contribution in [0.15, 0.2) is 36.4 Å². The Hall–Kier alpha value is -1.38. The topological polar surface area (TPSA) is 66.5 Å². The van der Waals surface area contributed by atoms with Crippen molar-refractivity contribution in [2.45, 2.75) is 6.54 Å². The first-order valence-electron chi connectivity index (χ1n) is 7.20. The van der Waals surface area contributed by atoms with E-state index in [-0.39, 0.29) is 27.3 Å². The zero-order valence-corrected chi connectivity index (χ0v) is 16.6. The number of rotatable bonds is 6. The Morgan fingerprint density at radius 1 is 1.08 bits per heavy atom. The molecule has 0 aliphatic carbocycles. The quantitative estimate of drug-likeness (QED) is 0.687. The van der Waals surface area contributed by atoms with Crippen molar-refractivity contribution < 1.29 is 17.6 Å². The molecule has 0 aliphatic rings. The van der Waals surface area contributed by atoms with Crippen molar-refractivity contribution in [2.24, 2.45) is 0 Å². The molecular formula is C16H14Cl3FN2O3S. The summed E-state index contributed by atoms with van der Waals surface area (Å²) in [7, 11) is -3.69. The van der Waals surface area contributed by atoms with Gasteiger partial charge in [0, 0.05) is 6.54 Å². The number of nitrogens with one attached hydrogen (secondary N) is 1. The summed E-state index contributed by atoms with van der Waals surface area (Å²) in [4.78, 5) is 12.3. The van der Waals surface area contributed by atoms with Gasteiger partial charge in [0.1, 0.15) is 5.82 Å². The second kappa shape index (κ2) is 8.54. The number of carbonyl (C=O) groups is 1. The minimum Gasteiger partial charge on any atom is -0.324 e. The van der Waals surface area contributed by atoms with Crippen LogP contribution in [0.1, 0.15) is 5.56 Å². The van der Waals surface area contributed by atoms with Gasteiger partial charge >= 0.3 is 0 Å². The van der Waals surface area contributed by atoms with E-state index in [1.165, 1.54) is 36.4 Å². The van der Waals surface area contributed by atoms with E-state index in [4.69, 9.17) is 34.8 Å². The summed E-state index contributed by atoms with van der Waals surface area (Å²) < 4.78 is 37.9. The van der Waals surface area contributed by atoms with Crippen LogP contribution in [0.2, 0.25) is 15.1 Å². The van der Waals surface area contributed by atoms with Gasteiger partial charge < -0.3 is 5.32 Å². The average molecular weight is 440 g/mol. The fraction of sp³-hybridized carbons (Fsp3) is 0.188. The molecule has 0 heterocycles. The highest BCUT2D eigenvalue weighted by molar-refractivity contribution is 7.88. The van der Waals surface area contributed by atoms with Gasteiger partial charge in [0.05, 0.1) is 33.6 Å². The smallest absolute Gasteiger partial charge is 0.239 e. The Morgan fingerprint density at radius 3 is 2.23 bits per heavy atom. The molecule has 0 unspecified atom stereocenters. The van der Waals surface area contributed by atoms with Crippen molar-refractivity contribution in [2.75, 3.05) is 18.1 Å². The van der Waals surface area contributed by atoms with Gasteiger partial charge in [-0.05, 0) is 29.8 Å². The SMILES string of the molecule is CS(=O)(=O)N(CC(=O)Nc1cc(Cl)c(Cl)cc1Cl)Cc1ccc(F)cc1. The number of carbonyl (C=O) groups excluding carboxylic acids is 1. The predicted molar refractivity (Wildman–Crippen MR) is 102 cm³/mol. The van der Waals surface area contributed by atoms with Crippen LogP contribution in [0.25, 0.3) is 0 Å². The number of sulfonamides is 1. The fourth-order valence-corrected chi connectivity index (χ4v) is 3.38. The number of halogens is 4. The normalized spacial score (nSPS) is 11.6. The van der Waals surface area contributed by atoms with Crippen molar-refractivity contribution in [1.82, 2.24) is 4.31 Å². The minimum atomic E-state index is -3.69. The van der Waals surface area contributed by atoms with Crippen molar-refractivity contribution >= 4 is 56.4 Å². The van der Waals surface area contributed by atoms with E-state index in [1.807, 2.05) is 0 Å². The first-order valence-corrected chi connectivity index (χ1v) is 10.2. The van der Waals surface area contributed by atoms with Gasteiger partial charge in [0.15, 0.2) is 0 Å². The van der Waals surface area contributed by atoms with Gasteiger partial charge in [-0.1, -0.05) is 46.9 Å². The van der Waals surface area contributed by atoms with Crippen LogP contribution < -0.4 is 5.32 Å². The summed E-state index contributed by atoms with van der Waals surface area (Å²) in [6.45, 7) is -0.533. The number of anilines is 1. The molecule has 140 valence electrons. The fourth-order valence-electron chi connectivity index (χ4n) is 2.05. The number of hydrogen-bond donors (Lipinski definition) is 1. The van der Waals surface area contributed by atoms with E-state index in [9.17, 15) is 17.6 Å². The van der Waals surface area contributed by atoms with Crippen LogP contribution in [0, 0.1) is 5.82 Å². The van der Waals surface area contributed by atoms with Crippen LogP contribution in [0.4, 0.5) is 10.1 Å². The molecule has 2 rings (SSSR count). The summed E-state index contributed by atoms with van der Waals surface area (Å²) in [5.41, 5.74) is 0.749. The van der Waals surface area contributed by atoms with Gasteiger partial charge in [-0.2, -0.15) is 4.31 Å². The van der Waals surface area contributed by atoms with Crippen LogP contribution in [0.3, 0.4) is 0 Å². The Bertz CT molecular complexity index is 921. The maximum absolute atomic E-state index is 13.0. The third kappa shape index (κ3) is 5.82. The predicted octanol–water partition coefficient (Wildman–Crippen LogP) is 4.19. The van der Waals surface area contributed by atoms with E-state index in [0.717, 1.165) is 10.6 Å². The van der Waals surface area contributed by atoms with Crippen molar-refractivity contribution in [3.8, 4) is 0 Å². The second-order valence-corrected chi connectivity index (χ2v) is 8.66. The molecule has 2 aromatic carbocycles. The third-order valence-electron chi connectivity index (χ3n) is 3.35. The molecule has 0 radical (unpaired) electrons. The number of benzene rings is 2. The second-order valence-electron chi connectivity index (χ2n) is 5.45. The van der Waals surface area contributed by atoms with Crippen molar-refractivity contribution in [3.63, 3.8) is 0 Å². The molecule has 1 N–H and O–H groups in total. The van der Waals surface area contributed by atoms with Gasteiger partial charge in [0.2, 0.25) is 15.9 Å². The lowest BCUT2D eigenvalue weighted by Crippen LogP contribution is -2.36. The summed E-state index contributed by atoms with van der Waals surface area (Å²) in [6, 6.07) is 8.06. The maximum atomic E-state index is 13.0. The monoisotopic (exact) mass is 438 g/mol. The lowest BCUT2D eigenvalue weighted by Gasteiger charge is -2.20.